The lowest BCUT2D eigenvalue weighted by molar-refractivity contribution is 0.274. The van der Waals surface area contributed by atoms with E-state index in [0.29, 0.717) is 18.4 Å². The van der Waals surface area contributed by atoms with Crippen LogP contribution in [-0.4, -0.2) is 11.7 Å². The largest absolute Gasteiger partial charge is 0.396 e. The summed E-state index contributed by atoms with van der Waals surface area (Å²) in [6, 6.07) is 7.90. The first-order valence-corrected chi connectivity index (χ1v) is 4.55. The van der Waals surface area contributed by atoms with Crippen LogP contribution in [0.2, 0.25) is 5.02 Å². The van der Waals surface area contributed by atoms with Gasteiger partial charge in [0.1, 0.15) is 0 Å². The summed E-state index contributed by atoms with van der Waals surface area (Å²) in [5.74, 6) is 1.07. The molecule has 0 saturated heterocycles. The highest BCUT2D eigenvalue weighted by Gasteiger charge is 2.37. The van der Waals surface area contributed by atoms with Crippen molar-refractivity contribution in [2.75, 3.05) is 6.61 Å². The molecule has 0 radical (unpaired) electrons. The van der Waals surface area contributed by atoms with Crippen molar-refractivity contribution in [2.45, 2.75) is 12.3 Å². The predicted molar refractivity (Wildman–Crippen MR) is 49.4 cm³/mol. The first-order chi connectivity index (χ1) is 5.81. The van der Waals surface area contributed by atoms with Gasteiger partial charge in [0.25, 0.3) is 0 Å². The summed E-state index contributed by atoms with van der Waals surface area (Å²) in [6.45, 7) is 0.313. The molecule has 0 amide bonds. The third-order valence-electron chi connectivity index (χ3n) is 2.46. The van der Waals surface area contributed by atoms with E-state index in [1.165, 1.54) is 5.56 Å². The van der Waals surface area contributed by atoms with E-state index in [2.05, 4.69) is 0 Å². The molecule has 2 heteroatoms. The highest BCUT2D eigenvalue weighted by atomic mass is 35.5. The van der Waals surface area contributed by atoms with E-state index >= 15 is 0 Å². The lowest BCUT2D eigenvalue weighted by atomic mass is 10.1. The molecule has 2 rings (SSSR count). The maximum atomic E-state index is 8.87. The van der Waals surface area contributed by atoms with Gasteiger partial charge in [0.15, 0.2) is 0 Å². The molecule has 1 fully saturated rings. The standard InChI is InChI=1S/C10H11ClO/c11-9-3-1-7(2-4-9)10-5-8(10)6-12/h1-4,8,10,12H,5-6H2/t8-,10+/m1/s1. The van der Waals surface area contributed by atoms with Gasteiger partial charge in [-0.25, -0.2) is 0 Å². The lowest BCUT2D eigenvalue weighted by Crippen LogP contribution is -1.87. The lowest BCUT2D eigenvalue weighted by Gasteiger charge is -1.97. The van der Waals surface area contributed by atoms with Gasteiger partial charge < -0.3 is 5.11 Å². The average molecular weight is 183 g/mol. The zero-order valence-electron chi connectivity index (χ0n) is 6.70. The second kappa shape index (κ2) is 3.08. The van der Waals surface area contributed by atoms with E-state index in [1.807, 2.05) is 24.3 Å². The molecule has 0 aromatic heterocycles. The number of aliphatic hydroxyl groups is 1. The Morgan fingerprint density at radius 1 is 1.33 bits per heavy atom. The molecule has 0 aliphatic heterocycles. The molecule has 1 aliphatic carbocycles. The van der Waals surface area contributed by atoms with Crippen molar-refractivity contribution >= 4 is 11.6 Å². The minimum absolute atomic E-state index is 0.313. The van der Waals surface area contributed by atoms with Crippen LogP contribution in [0.4, 0.5) is 0 Å². The first kappa shape index (κ1) is 8.09. The molecule has 0 bridgehead atoms. The summed E-state index contributed by atoms with van der Waals surface area (Å²) < 4.78 is 0. The van der Waals surface area contributed by atoms with Crippen molar-refractivity contribution in [3.05, 3.63) is 34.9 Å². The number of aliphatic hydroxyl groups excluding tert-OH is 1. The smallest absolute Gasteiger partial charge is 0.0465 e. The summed E-state index contributed by atoms with van der Waals surface area (Å²) in [5.41, 5.74) is 1.30. The van der Waals surface area contributed by atoms with Gasteiger partial charge >= 0.3 is 0 Å². The molecule has 0 unspecified atom stereocenters. The molecule has 1 aromatic rings. The Morgan fingerprint density at radius 3 is 2.50 bits per heavy atom. The summed E-state index contributed by atoms with van der Waals surface area (Å²) in [7, 11) is 0. The fraction of sp³-hybridized carbons (Fsp3) is 0.400. The van der Waals surface area contributed by atoms with Gasteiger partial charge in [-0.1, -0.05) is 23.7 Å². The van der Waals surface area contributed by atoms with Crippen LogP contribution < -0.4 is 0 Å². The predicted octanol–water partition coefficient (Wildman–Crippen LogP) is 2.44. The number of hydrogen-bond acceptors (Lipinski definition) is 1. The van der Waals surface area contributed by atoms with Gasteiger partial charge in [-0.05, 0) is 36.0 Å². The van der Waals surface area contributed by atoms with E-state index in [0.717, 1.165) is 11.4 Å². The zero-order chi connectivity index (χ0) is 8.55. The van der Waals surface area contributed by atoms with Gasteiger partial charge in [0.2, 0.25) is 0 Å². The van der Waals surface area contributed by atoms with Crippen molar-refractivity contribution in [1.29, 1.82) is 0 Å². The molecular weight excluding hydrogens is 172 g/mol. The quantitative estimate of drug-likeness (QED) is 0.745. The normalized spacial score (nSPS) is 27.2. The number of halogens is 1. The van der Waals surface area contributed by atoms with E-state index in [9.17, 15) is 0 Å². The molecule has 0 spiro atoms. The number of benzene rings is 1. The van der Waals surface area contributed by atoms with Crippen LogP contribution in [0, 0.1) is 5.92 Å². The van der Waals surface area contributed by atoms with Gasteiger partial charge in [0.05, 0.1) is 0 Å². The molecule has 12 heavy (non-hydrogen) atoms. The van der Waals surface area contributed by atoms with Crippen molar-refractivity contribution < 1.29 is 5.11 Å². The molecule has 1 nitrogen and oxygen atoms in total. The maximum Gasteiger partial charge on any atom is 0.0465 e. The van der Waals surface area contributed by atoms with E-state index in [1.54, 1.807) is 0 Å². The number of hydrogen-bond donors (Lipinski definition) is 1. The monoisotopic (exact) mass is 182 g/mol. The van der Waals surface area contributed by atoms with E-state index in [4.69, 9.17) is 16.7 Å². The van der Waals surface area contributed by atoms with Crippen LogP contribution in [0.1, 0.15) is 17.9 Å². The zero-order valence-corrected chi connectivity index (χ0v) is 7.46. The van der Waals surface area contributed by atoms with Crippen molar-refractivity contribution in [2.24, 2.45) is 5.92 Å². The first-order valence-electron chi connectivity index (χ1n) is 4.17. The summed E-state index contributed by atoms with van der Waals surface area (Å²) in [5, 5.41) is 9.64. The van der Waals surface area contributed by atoms with Gasteiger partial charge in [0, 0.05) is 11.6 Å². The van der Waals surface area contributed by atoms with Crippen LogP contribution in [0.25, 0.3) is 0 Å². The van der Waals surface area contributed by atoms with E-state index in [-0.39, 0.29) is 0 Å². The topological polar surface area (TPSA) is 20.2 Å². The van der Waals surface area contributed by atoms with Crippen molar-refractivity contribution in [1.82, 2.24) is 0 Å². The Hall–Kier alpha value is -0.530. The Kier molecular flexibility index (Phi) is 2.07. The minimum Gasteiger partial charge on any atom is -0.396 e. The highest BCUT2D eigenvalue weighted by Crippen LogP contribution is 2.46. The molecule has 1 aromatic carbocycles. The second-order valence-electron chi connectivity index (χ2n) is 3.34. The maximum absolute atomic E-state index is 8.87. The van der Waals surface area contributed by atoms with Crippen LogP contribution in [0.3, 0.4) is 0 Å². The van der Waals surface area contributed by atoms with Crippen LogP contribution in [0.5, 0.6) is 0 Å². The number of rotatable bonds is 2. The molecule has 64 valence electrons. The molecule has 0 heterocycles. The Labute approximate surface area is 77.0 Å². The third-order valence-corrected chi connectivity index (χ3v) is 2.71. The van der Waals surface area contributed by atoms with Gasteiger partial charge in [-0.2, -0.15) is 0 Å². The van der Waals surface area contributed by atoms with Crippen molar-refractivity contribution in [3.63, 3.8) is 0 Å². The van der Waals surface area contributed by atoms with Crippen LogP contribution in [-0.2, 0) is 0 Å². The second-order valence-corrected chi connectivity index (χ2v) is 3.77. The fourth-order valence-corrected chi connectivity index (χ4v) is 1.69. The average Bonchev–Trinajstić information content (AvgIpc) is 2.85. The summed E-state index contributed by atoms with van der Waals surface area (Å²) in [4.78, 5) is 0. The third kappa shape index (κ3) is 1.47. The molecule has 2 atom stereocenters. The molecule has 1 N–H and O–H groups in total. The van der Waals surface area contributed by atoms with Crippen LogP contribution >= 0.6 is 11.6 Å². The Morgan fingerprint density at radius 2 is 2.00 bits per heavy atom. The minimum atomic E-state index is 0.313. The molecule has 1 aliphatic rings. The van der Waals surface area contributed by atoms with Crippen molar-refractivity contribution in [3.8, 4) is 0 Å². The summed E-state index contributed by atoms with van der Waals surface area (Å²) in [6.07, 6.45) is 1.12. The summed E-state index contributed by atoms with van der Waals surface area (Å²) >= 11 is 5.76. The SMILES string of the molecule is OC[C@H]1C[C@H]1c1ccc(Cl)cc1. The van der Waals surface area contributed by atoms with Gasteiger partial charge in [-0.15, -0.1) is 0 Å². The molecule has 1 saturated carbocycles. The fourth-order valence-electron chi connectivity index (χ4n) is 1.57. The molecular formula is C10H11ClO. The Bertz CT molecular complexity index is 268. The van der Waals surface area contributed by atoms with E-state index < -0.39 is 0 Å². The highest BCUT2D eigenvalue weighted by molar-refractivity contribution is 6.30. The van der Waals surface area contributed by atoms with Crippen LogP contribution in [0.15, 0.2) is 24.3 Å². The Balaban J connectivity index is 2.10. The van der Waals surface area contributed by atoms with Gasteiger partial charge in [-0.3, -0.25) is 0 Å².